The lowest BCUT2D eigenvalue weighted by molar-refractivity contribution is -0.124. The van der Waals surface area contributed by atoms with Crippen LogP contribution in [0, 0.1) is 5.92 Å². The Morgan fingerprint density at radius 3 is 2.94 bits per heavy atom. The van der Waals surface area contributed by atoms with Crippen molar-refractivity contribution in [1.29, 1.82) is 0 Å². The van der Waals surface area contributed by atoms with Crippen molar-refractivity contribution in [3.05, 3.63) is 11.1 Å². The molecule has 5 nitrogen and oxygen atoms in total. The molecular formula is C10H18N4OS. The Morgan fingerprint density at radius 1 is 1.75 bits per heavy atom. The highest BCUT2D eigenvalue weighted by molar-refractivity contribution is 7.15. The summed E-state index contributed by atoms with van der Waals surface area (Å²) in [6.45, 7) is 3.41. The van der Waals surface area contributed by atoms with Crippen LogP contribution in [0.15, 0.2) is 6.20 Å². The molecule has 1 atom stereocenters. The molecule has 0 aliphatic heterocycles. The molecule has 0 radical (unpaired) electrons. The molecule has 1 heterocycles. The maximum Gasteiger partial charge on any atom is 0.223 e. The second kappa shape index (κ2) is 5.81. The molecule has 1 rings (SSSR count). The number of carbonyl (C=O) groups excluding carboxylic acids is 1. The summed E-state index contributed by atoms with van der Waals surface area (Å²) in [7, 11) is 3.64. The third kappa shape index (κ3) is 3.79. The molecule has 0 aliphatic rings. The predicted molar refractivity (Wildman–Crippen MR) is 66.1 cm³/mol. The molecule has 0 aliphatic carbocycles. The van der Waals surface area contributed by atoms with Gasteiger partial charge < -0.3 is 16.0 Å². The number of anilines is 1. The average molecular weight is 242 g/mol. The maximum absolute atomic E-state index is 11.3. The van der Waals surface area contributed by atoms with Crippen LogP contribution < -0.4 is 11.1 Å². The Labute approximate surface area is 99.7 Å². The second-order valence-electron chi connectivity index (χ2n) is 3.88. The van der Waals surface area contributed by atoms with Crippen molar-refractivity contribution in [3.63, 3.8) is 0 Å². The topological polar surface area (TPSA) is 71.2 Å². The summed E-state index contributed by atoms with van der Waals surface area (Å²) in [5.74, 6) is 0.0518. The minimum atomic E-state index is -0.0136. The number of aromatic nitrogens is 1. The largest absolute Gasteiger partial charge is 0.375 e. The van der Waals surface area contributed by atoms with E-state index in [0.29, 0.717) is 5.13 Å². The van der Waals surface area contributed by atoms with Crippen molar-refractivity contribution < 1.29 is 4.79 Å². The van der Waals surface area contributed by atoms with Crippen LogP contribution in [0.3, 0.4) is 0 Å². The lowest BCUT2D eigenvalue weighted by atomic mass is 10.1. The van der Waals surface area contributed by atoms with Gasteiger partial charge in [-0.2, -0.15) is 0 Å². The molecule has 0 saturated heterocycles. The van der Waals surface area contributed by atoms with Gasteiger partial charge in [0, 0.05) is 37.1 Å². The molecular weight excluding hydrogens is 224 g/mol. The SMILES string of the molecule is CNC(=O)C(C)CN(C)Cc1cnc(N)s1. The van der Waals surface area contributed by atoms with Gasteiger partial charge in [-0.15, -0.1) is 11.3 Å². The minimum absolute atomic E-state index is 0.0136. The van der Waals surface area contributed by atoms with Gasteiger partial charge in [0.2, 0.25) is 5.91 Å². The smallest absolute Gasteiger partial charge is 0.223 e. The standard InChI is InChI=1S/C10H18N4OS/c1-7(9(15)12-2)5-14(3)6-8-4-13-10(11)16-8/h4,7H,5-6H2,1-3H3,(H2,11,13)(H,12,15). The first-order valence-corrected chi connectivity index (χ1v) is 5.95. The third-order valence-electron chi connectivity index (χ3n) is 2.28. The van der Waals surface area contributed by atoms with Gasteiger partial charge in [-0.25, -0.2) is 4.98 Å². The van der Waals surface area contributed by atoms with Gasteiger partial charge in [0.25, 0.3) is 0 Å². The van der Waals surface area contributed by atoms with Crippen LogP contribution in [0.1, 0.15) is 11.8 Å². The van der Waals surface area contributed by atoms with E-state index in [9.17, 15) is 4.79 Å². The monoisotopic (exact) mass is 242 g/mol. The molecule has 0 aromatic carbocycles. The molecule has 90 valence electrons. The summed E-state index contributed by atoms with van der Waals surface area (Å²) in [6, 6.07) is 0. The number of hydrogen-bond acceptors (Lipinski definition) is 5. The van der Waals surface area contributed by atoms with Gasteiger partial charge in [0.1, 0.15) is 0 Å². The Hall–Kier alpha value is -1.14. The van der Waals surface area contributed by atoms with Crippen molar-refractivity contribution in [2.75, 3.05) is 26.4 Å². The van der Waals surface area contributed by atoms with E-state index in [0.717, 1.165) is 18.0 Å². The first-order valence-electron chi connectivity index (χ1n) is 5.13. The molecule has 1 amide bonds. The quantitative estimate of drug-likeness (QED) is 0.790. The number of nitrogen functional groups attached to an aromatic ring is 1. The van der Waals surface area contributed by atoms with E-state index in [-0.39, 0.29) is 11.8 Å². The molecule has 1 aromatic rings. The fraction of sp³-hybridized carbons (Fsp3) is 0.600. The Balaban J connectivity index is 2.41. The number of thiazole rings is 1. The summed E-state index contributed by atoms with van der Waals surface area (Å²) in [4.78, 5) is 18.5. The van der Waals surface area contributed by atoms with Crippen LogP contribution in [-0.2, 0) is 11.3 Å². The zero-order valence-corrected chi connectivity index (χ0v) is 10.7. The molecule has 16 heavy (non-hydrogen) atoms. The summed E-state index contributed by atoms with van der Waals surface area (Å²) in [6.07, 6.45) is 1.78. The Morgan fingerprint density at radius 2 is 2.44 bits per heavy atom. The number of rotatable bonds is 5. The zero-order chi connectivity index (χ0) is 12.1. The molecule has 1 aromatic heterocycles. The highest BCUT2D eigenvalue weighted by Crippen LogP contribution is 2.16. The van der Waals surface area contributed by atoms with E-state index in [2.05, 4.69) is 15.2 Å². The third-order valence-corrected chi connectivity index (χ3v) is 3.09. The average Bonchev–Trinajstić information content (AvgIpc) is 2.62. The van der Waals surface area contributed by atoms with E-state index in [1.165, 1.54) is 11.3 Å². The molecule has 6 heteroatoms. The zero-order valence-electron chi connectivity index (χ0n) is 9.86. The number of nitrogens with zero attached hydrogens (tertiary/aromatic N) is 2. The van der Waals surface area contributed by atoms with Gasteiger partial charge in [-0.3, -0.25) is 4.79 Å². The predicted octanol–water partition coefficient (Wildman–Crippen LogP) is 0.539. The van der Waals surface area contributed by atoms with Crippen LogP contribution in [0.2, 0.25) is 0 Å². The lowest BCUT2D eigenvalue weighted by Gasteiger charge is -2.19. The summed E-state index contributed by atoms with van der Waals surface area (Å²) in [5, 5.41) is 3.23. The van der Waals surface area contributed by atoms with Crippen molar-refractivity contribution in [1.82, 2.24) is 15.2 Å². The Kier molecular flexibility index (Phi) is 4.70. The Bertz CT molecular complexity index is 352. The summed E-state index contributed by atoms with van der Waals surface area (Å²) < 4.78 is 0. The van der Waals surface area contributed by atoms with Crippen molar-refractivity contribution in [2.45, 2.75) is 13.5 Å². The fourth-order valence-electron chi connectivity index (χ4n) is 1.52. The van der Waals surface area contributed by atoms with Gasteiger partial charge in [-0.05, 0) is 7.05 Å². The number of nitrogens with two attached hydrogens (primary N) is 1. The maximum atomic E-state index is 11.3. The van der Waals surface area contributed by atoms with Crippen LogP contribution in [-0.4, -0.2) is 36.4 Å². The molecule has 0 fully saturated rings. The first kappa shape index (κ1) is 12.9. The van der Waals surface area contributed by atoms with Crippen molar-refractivity contribution >= 4 is 22.4 Å². The van der Waals surface area contributed by atoms with Crippen LogP contribution >= 0.6 is 11.3 Å². The van der Waals surface area contributed by atoms with Gasteiger partial charge in [0.05, 0.1) is 0 Å². The number of amides is 1. The minimum Gasteiger partial charge on any atom is -0.375 e. The number of carbonyl (C=O) groups is 1. The van der Waals surface area contributed by atoms with Crippen LogP contribution in [0.5, 0.6) is 0 Å². The normalized spacial score (nSPS) is 12.8. The summed E-state index contributed by atoms with van der Waals surface area (Å²) in [5.41, 5.74) is 5.55. The molecule has 3 N–H and O–H groups in total. The molecule has 1 unspecified atom stereocenters. The summed E-state index contributed by atoms with van der Waals surface area (Å²) >= 11 is 1.48. The molecule has 0 bridgehead atoms. The molecule has 0 saturated carbocycles. The van der Waals surface area contributed by atoms with E-state index in [4.69, 9.17) is 5.73 Å². The van der Waals surface area contributed by atoms with E-state index < -0.39 is 0 Å². The number of hydrogen-bond donors (Lipinski definition) is 2. The number of nitrogens with one attached hydrogen (secondary N) is 1. The van der Waals surface area contributed by atoms with Gasteiger partial charge in [-0.1, -0.05) is 6.92 Å². The van der Waals surface area contributed by atoms with Gasteiger partial charge in [0.15, 0.2) is 5.13 Å². The van der Waals surface area contributed by atoms with E-state index in [1.807, 2.05) is 14.0 Å². The highest BCUT2D eigenvalue weighted by atomic mass is 32.1. The highest BCUT2D eigenvalue weighted by Gasteiger charge is 2.14. The fourth-order valence-corrected chi connectivity index (χ4v) is 2.29. The molecule has 0 spiro atoms. The van der Waals surface area contributed by atoms with E-state index >= 15 is 0 Å². The van der Waals surface area contributed by atoms with Gasteiger partial charge >= 0.3 is 0 Å². The first-order chi connectivity index (χ1) is 7.52. The van der Waals surface area contributed by atoms with Crippen molar-refractivity contribution in [2.24, 2.45) is 5.92 Å². The van der Waals surface area contributed by atoms with Crippen LogP contribution in [0.4, 0.5) is 5.13 Å². The van der Waals surface area contributed by atoms with E-state index in [1.54, 1.807) is 13.2 Å². The van der Waals surface area contributed by atoms with Crippen LogP contribution in [0.25, 0.3) is 0 Å². The second-order valence-corrected chi connectivity index (χ2v) is 5.02. The lowest BCUT2D eigenvalue weighted by Crippen LogP contribution is -2.34. The van der Waals surface area contributed by atoms with Crippen molar-refractivity contribution in [3.8, 4) is 0 Å².